The van der Waals surface area contributed by atoms with Crippen molar-refractivity contribution in [2.75, 3.05) is 72.8 Å². The van der Waals surface area contributed by atoms with Crippen LogP contribution >= 0.6 is 0 Å². The van der Waals surface area contributed by atoms with Crippen molar-refractivity contribution in [2.24, 2.45) is 11.8 Å². The lowest BCUT2D eigenvalue weighted by molar-refractivity contribution is -0.141. The van der Waals surface area contributed by atoms with Gasteiger partial charge in [0.1, 0.15) is 23.8 Å². The number of aromatic nitrogens is 4. The number of hydrogen-bond acceptors (Lipinski definition) is 16. The maximum Gasteiger partial charge on any atom is 0.243 e. The number of amides is 2. The van der Waals surface area contributed by atoms with Crippen LogP contribution in [0.15, 0.2) is 83.5 Å². The van der Waals surface area contributed by atoms with Gasteiger partial charge in [-0.05, 0) is 138 Å². The summed E-state index contributed by atoms with van der Waals surface area (Å²) in [5, 5.41) is 45.1. The lowest BCUT2D eigenvalue weighted by Gasteiger charge is -2.52. The maximum atomic E-state index is 14.0. The average molecular weight is 1050 g/mol. The number of fused-ring (bicyclic) bond motifs is 2. The van der Waals surface area contributed by atoms with Crippen LogP contribution in [0.4, 0.5) is 23.0 Å². The van der Waals surface area contributed by atoms with Crippen LogP contribution in [0, 0.1) is 23.2 Å². The van der Waals surface area contributed by atoms with E-state index in [1.807, 2.05) is 63.4 Å². The minimum absolute atomic E-state index is 0.0241. The summed E-state index contributed by atoms with van der Waals surface area (Å²) in [6, 6.07) is 24.5. The molecule has 5 aliphatic heterocycles. The molecule has 5 unspecified atom stereocenters. The topological polar surface area (TPSA) is 227 Å². The highest BCUT2D eigenvalue weighted by molar-refractivity contribution is 5.91. The van der Waals surface area contributed by atoms with Crippen molar-refractivity contribution in [1.29, 1.82) is 5.26 Å². The van der Waals surface area contributed by atoms with Crippen LogP contribution in [-0.4, -0.2) is 135 Å². The Labute approximate surface area is 452 Å². The number of aromatic hydroxyl groups is 1. The first-order chi connectivity index (χ1) is 37.4. The summed E-state index contributed by atoms with van der Waals surface area (Å²) in [6.45, 7) is 13.0. The molecule has 18 heteroatoms. The van der Waals surface area contributed by atoms with Gasteiger partial charge in [-0.15, -0.1) is 10.2 Å². The number of benzene rings is 2. The Kier molecular flexibility index (Phi) is 16.8. The molecule has 1 saturated carbocycles. The molecule has 8 heterocycles. The fourth-order valence-electron chi connectivity index (χ4n) is 12.3. The van der Waals surface area contributed by atoms with Crippen molar-refractivity contribution in [2.45, 2.75) is 140 Å². The van der Waals surface area contributed by atoms with E-state index in [9.17, 15) is 19.8 Å². The Morgan fingerprint density at radius 2 is 1.57 bits per heavy atom. The zero-order valence-corrected chi connectivity index (χ0v) is 44.9. The quantitative estimate of drug-likeness (QED) is 0.0831. The molecule has 2 bridgehead atoms. The molecule has 77 heavy (non-hydrogen) atoms. The number of rotatable bonds is 14. The van der Waals surface area contributed by atoms with Crippen molar-refractivity contribution in [1.82, 2.24) is 35.5 Å². The van der Waals surface area contributed by atoms with E-state index >= 15 is 0 Å². The number of piperazine rings is 1. The molecule has 18 nitrogen and oxygen atoms in total. The monoisotopic (exact) mass is 1050 g/mol. The Hall–Kier alpha value is -6.97. The number of pyridine rings is 1. The molecule has 5 atom stereocenters. The number of phenols is 1. The highest BCUT2D eigenvalue weighted by Crippen LogP contribution is 2.40. The smallest absolute Gasteiger partial charge is 0.243 e. The molecule has 1 aliphatic carbocycles. The third kappa shape index (κ3) is 12.4. The number of hydrogen-bond donors (Lipinski definition) is 4. The van der Waals surface area contributed by atoms with Crippen LogP contribution in [0.25, 0.3) is 11.3 Å². The van der Waals surface area contributed by atoms with Crippen LogP contribution in [0.1, 0.15) is 127 Å². The summed E-state index contributed by atoms with van der Waals surface area (Å²) in [4.78, 5) is 43.1. The first-order valence-corrected chi connectivity index (χ1v) is 28.2. The van der Waals surface area contributed by atoms with Gasteiger partial charge < -0.3 is 55.0 Å². The predicted molar refractivity (Wildman–Crippen MR) is 295 cm³/mol. The van der Waals surface area contributed by atoms with E-state index in [0.717, 1.165) is 127 Å². The molecule has 0 radical (unpaired) electrons. The number of para-hydroxylation sites is 1. The van der Waals surface area contributed by atoms with E-state index < -0.39 is 12.0 Å². The van der Waals surface area contributed by atoms with Crippen LogP contribution < -0.4 is 30.5 Å². The van der Waals surface area contributed by atoms with E-state index in [0.29, 0.717) is 65.5 Å². The number of ether oxygens (including phenoxy) is 1. The Morgan fingerprint density at radius 3 is 2.26 bits per heavy atom. The summed E-state index contributed by atoms with van der Waals surface area (Å²) in [5.74, 6) is 2.53. The number of carbonyl (C=O) groups is 2. The Bertz CT molecular complexity index is 2820. The van der Waals surface area contributed by atoms with Crippen LogP contribution in [-0.2, 0) is 9.59 Å². The van der Waals surface area contributed by atoms with Crippen LogP contribution in [0.3, 0.4) is 0 Å². The SMILES string of the molecule is CC(NC(=O)C1CCCN1C(=O)C(c1cc(N2CCC(CN3CCC(O)CC3)CC2)no1)C(C)C)c1ccc(C#N)cc1.Nc1nnc(-c2ccccc2O)cc1N1CC2CCCC(C1)N2c1ccnc(OC2CCC2)c1. The fourth-order valence-corrected chi connectivity index (χ4v) is 12.3. The van der Waals surface area contributed by atoms with Crippen molar-refractivity contribution in [3.8, 4) is 29.0 Å². The number of nitrogen functional groups attached to an aromatic ring is 1. The van der Waals surface area contributed by atoms with Crippen LogP contribution in [0.2, 0.25) is 0 Å². The lowest BCUT2D eigenvalue weighted by Crippen LogP contribution is -2.61. The fraction of sp³-hybridized carbons (Fsp3) is 0.542. The lowest BCUT2D eigenvalue weighted by atomic mass is 9.90. The van der Waals surface area contributed by atoms with Gasteiger partial charge in [-0.1, -0.05) is 43.3 Å². The summed E-state index contributed by atoms with van der Waals surface area (Å²) in [5.41, 5.74) is 11.1. The number of anilines is 4. The number of piperidine rings is 3. The molecule has 6 aliphatic rings. The average Bonchev–Trinajstić information content (AvgIpc) is 4.13. The molecular formula is C59H76N12O6. The van der Waals surface area contributed by atoms with E-state index in [-0.39, 0.29) is 35.6 Å². The molecule has 3 aromatic heterocycles. The second kappa shape index (κ2) is 24.1. The highest BCUT2D eigenvalue weighted by atomic mass is 16.5. The van der Waals surface area contributed by atoms with Gasteiger partial charge in [0, 0.05) is 94.0 Å². The minimum Gasteiger partial charge on any atom is -0.507 e. The molecule has 5 saturated heterocycles. The molecule has 0 spiro atoms. The molecule has 5 N–H and O–H groups in total. The summed E-state index contributed by atoms with van der Waals surface area (Å²) < 4.78 is 11.9. The zero-order chi connectivity index (χ0) is 53.6. The Balaban J connectivity index is 0.000000179. The first-order valence-electron chi connectivity index (χ1n) is 28.2. The number of aliphatic hydroxyl groups is 1. The van der Waals surface area contributed by atoms with Gasteiger partial charge >= 0.3 is 0 Å². The number of nitriles is 1. The van der Waals surface area contributed by atoms with Crippen molar-refractivity contribution in [3.63, 3.8) is 0 Å². The number of aliphatic hydroxyl groups excluding tert-OH is 1. The second-order valence-electron chi connectivity index (χ2n) is 22.5. The van der Waals surface area contributed by atoms with Gasteiger partial charge in [0.2, 0.25) is 17.7 Å². The molecule has 408 valence electrons. The molecule has 6 fully saturated rings. The van der Waals surface area contributed by atoms with E-state index in [2.05, 4.69) is 63.5 Å². The van der Waals surface area contributed by atoms with E-state index in [4.69, 9.17) is 20.3 Å². The van der Waals surface area contributed by atoms with Gasteiger partial charge in [0.05, 0.1) is 35.2 Å². The zero-order valence-electron chi connectivity index (χ0n) is 44.9. The third-order valence-corrected chi connectivity index (χ3v) is 16.9. The van der Waals surface area contributed by atoms with Gasteiger partial charge in [-0.3, -0.25) is 9.59 Å². The number of likely N-dealkylation sites (tertiary alicyclic amines) is 2. The normalized spacial score (nSPS) is 22.2. The summed E-state index contributed by atoms with van der Waals surface area (Å²) >= 11 is 0. The third-order valence-electron chi connectivity index (χ3n) is 16.9. The van der Waals surface area contributed by atoms with Gasteiger partial charge in [-0.25, -0.2) is 4.98 Å². The van der Waals surface area contributed by atoms with Gasteiger partial charge in [0.25, 0.3) is 0 Å². The molecular weight excluding hydrogens is 973 g/mol. The maximum absolute atomic E-state index is 14.0. The molecule has 2 amide bonds. The summed E-state index contributed by atoms with van der Waals surface area (Å²) in [6.07, 6.45) is 14.3. The van der Waals surface area contributed by atoms with Gasteiger partial charge in [-0.2, -0.15) is 5.26 Å². The van der Waals surface area contributed by atoms with Crippen molar-refractivity contribution >= 4 is 34.8 Å². The standard InChI is InChI=1S/C33H46N6O4.C26H30N6O2/c1-22(2)31(29-19-30(36-43-29)38-17-10-25(11-18-38)21-37-15-12-27(40)13-16-37)33(42)39-14-4-5-28(39)32(41)35-23(3)26-8-6-24(20-34)7-9-26;27-26-23(14-22(29-30-26)21-9-1-2-10-24(21)33)31-15-18-5-3-6-19(16-31)32(18)17-11-12-28-25(13-17)34-20-7-4-8-20/h6-9,19,22-23,25,27-28,31,40H,4-5,10-18,21H2,1-3H3,(H,35,41);1-2,9-14,18-20,33H,3-8,15-16H2,(H2,27,30). The first kappa shape index (κ1) is 53.4. The Morgan fingerprint density at radius 1 is 0.844 bits per heavy atom. The number of carbonyl (C=O) groups excluding carboxylic acids is 2. The second-order valence-corrected chi connectivity index (χ2v) is 22.5. The number of nitrogens with zero attached hydrogens (tertiary/aromatic N) is 10. The minimum atomic E-state index is -0.529. The summed E-state index contributed by atoms with van der Waals surface area (Å²) in [7, 11) is 0. The highest BCUT2D eigenvalue weighted by Gasteiger charge is 2.42. The molecule has 11 rings (SSSR count). The predicted octanol–water partition coefficient (Wildman–Crippen LogP) is 7.83. The molecule has 2 aromatic carbocycles. The number of nitrogens with one attached hydrogen (secondary N) is 1. The van der Waals surface area contributed by atoms with Crippen molar-refractivity contribution in [3.05, 3.63) is 95.9 Å². The van der Waals surface area contributed by atoms with Gasteiger partial charge in [0.15, 0.2) is 17.4 Å². The van der Waals surface area contributed by atoms with E-state index in [1.165, 1.54) is 18.5 Å². The van der Waals surface area contributed by atoms with Crippen molar-refractivity contribution < 1.29 is 29.1 Å². The largest absolute Gasteiger partial charge is 0.507 e. The number of phenolic OH excluding ortho intramolecular Hbond substituents is 1. The van der Waals surface area contributed by atoms with E-state index in [1.54, 1.807) is 29.2 Å². The number of nitrogens with two attached hydrogens (primary N) is 1. The molecule has 5 aromatic rings. The van der Waals surface area contributed by atoms with Crippen LogP contribution in [0.5, 0.6) is 11.6 Å².